The second kappa shape index (κ2) is 13.4. The van der Waals surface area contributed by atoms with Crippen molar-refractivity contribution in [1.29, 1.82) is 0 Å². The molecule has 0 fully saturated rings. The van der Waals surface area contributed by atoms with Crippen molar-refractivity contribution in [3.05, 3.63) is 99.6 Å². The fourth-order valence-electron chi connectivity index (χ4n) is 3.53. The average Bonchev–Trinajstić information content (AvgIpc) is 2.87. The van der Waals surface area contributed by atoms with Crippen molar-refractivity contribution in [2.45, 2.75) is 32.0 Å². The van der Waals surface area contributed by atoms with E-state index >= 15 is 0 Å². The molecule has 0 aliphatic carbocycles. The van der Waals surface area contributed by atoms with Gasteiger partial charge in [0.25, 0.3) is 0 Å². The van der Waals surface area contributed by atoms with Crippen LogP contribution >= 0.6 is 22.6 Å². The van der Waals surface area contributed by atoms with Gasteiger partial charge in [-0.3, -0.25) is 10.1 Å². The predicted molar refractivity (Wildman–Crippen MR) is 147 cm³/mol. The standard InChI is InChI=1S/C28H26INO7/c1-18(31)19-11-14-21(15-12-19)30-28(35)37-27(23-17-20(29)13-16-24(23)32)25(9-5-6-10-26(33)34)36-22-7-3-2-4-8-22/h2-4,6-8,10-17,25,27,32H,5,9H2,1H3,(H,30,35)(H,33,34)/b10-6+/t25-,27-/m1/s1. The lowest BCUT2D eigenvalue weighted by molar-refractivity contribution is -0.131. The topological polar surface area (TPSA) is 122 Å². The molecule has 0 radical (unpaired) electrons. The first-order valence-corrected chi connectivity index (χ1v) is 12.5. The number of para-hydroxylation sites is 1. The third-order valence-corrected chi connectivity index (χ3v) is 5.99. The summed E-state index contributed by atoms with van der Waals surface area (Å²) < 4.78 is 12.8. The number of allylic oxidation sites excluding steroid dienone is 1. The Kier molecular flexibility index (Phi) is 10.1. The molecule has 0 saturated heterocycles. The van der Waals surface area contributed by atoms with E-state index in [2.05, 4.69) is 27.9 Å². The summed E-state index contributed by atoms with van der Waals surface area (Å²) in [5.41, 5.74) is 1.27. The maximum Gasteiger partial charge on any atom is 0.412 e. The van der Waals surface area contributed by atoms with Crippen molar-refractivity contribution in [2.24, 2.45) is 0 Å². The van der Waals surface area contributed by atoms with Gasteiger partial charge in [0.1, 0.15) is 17.6 Å². The summed E-state index contributed by atoms with van der Waals surface area (Å²) in [6.45, 7) is 1.45. The molecule has 3 aromatic rings. The summed E-state index contributed by atoms with van der Waals surface area (Å²) in [6, 6.07) is 20.2. The minimum absolute atomic E-state index is 0.0771. The summed E-state index contributed by atoms with van der Waals surface area (Å²) in [7, 11) is 0. The van der Waals surface area contributed by atoms with Crippen LogP contribution in [0.25, 0.3) is 0 Å². The number of carboxylic acids is 1. The molecule has 1 amide bonds. The summed E-state index contributed by atoms with van der Waals surface area (Å²) in [6.07, 6.45) is 0.543. The van der Waals surface area contributed by atoms with Gasteiger partial charge in [-0.1, -0.05) is 24.3 Å². The number of phenolic OH excluding ortho intramolecular Hbond substituents is 1. The number of carbonyl (C=O) groups is 3. The van der Waals surface area contributed by atoms with E-state index in [1.54, 1.807) is 60.7 Å². The number of phenols is 1. The highest BCUT2D eigenvalue weighted by Gasteiger charge is 2.31. The van der Waals surface area contributed by atoms with Crippen LogP contribution in [-0.2, 0) is 9.53 Å². The van der Waals surface area contributed by atoms with Crippen LogP contribution in [0, 0.1) is 3.57 Å². The van der Waals surface area contributed by atoms with E-state index in [0.29, 0.717) is 29.0 Å². The molecule has 3 aromatic carbocycles. The Morgan fingerprint density at radius 3 is 2.38 bits per heavy atom. The van der Waals surface area contributed by atoms with Crippen LogP contribution in [0.3, 0.4) is 0 Å². The Labute approximate surface area is 228 Å². The molecular weight excluding hydrogens is 589 g/mol. The van der Waals surface area contributed by atoms with Crippen LogP contribution in [0.15, 0.2) is 84.9 Å². The number of aliphatic carboxylic acids is 1. The molecule has 0 bridgehead atoms. The van der Waals surface area contributed by atoms with Crippen molar-refractivity contribution in [1.82, 2.24) is 0 Å². The van der Waals surface area contributed by atoms with Gasteiger partial charge in [-0.15, -0.1) is 0 Å². The third-order valence-electron chi connectivity index (χ3n) is 5.31. The lowest BCUT2D eigenvalue weighted by Crippen LogP contribution is -2.31. The monoisotopic (exact) mass is 615 g/mol. The summed E-state index contributed by atoms with van der Waals surface area (Å²) in [5.74, 6) is -0.722. The number of Topliss-reactive ketones (excluding diaryl/α,β-unsaturated/α-hetero) is 1. The molecule has 0 aliphatic rings. The first-order chi connectivity index (χ1) is 17.7. The molecule has 0 saturated carbocycles. The number of carbonyl (C=O) groups excluding carboxylic acids is 2. The van der Waals surface area contributed by atoms with Gasteiger partial charge in [-0.2, -0.15) is 0 Å². The lowest BCUT2D eigenvalue weighted by Gasteiger charge is -2.28. The first-order valence-electron chi connectivity index (χ1n) is 11.4. The number of carboxylic acid groups (broad SMARTS) is 1. The number of rotatable bonds is 11. The Morgan fingerprint density at radius 1 is 1.03 bits per heavy atom. The smallest absolute Gasteiger partial charge is 0.412 e. The molecule has 0 spiro atoms. The summed E-state index contributed by atoms with van der Waals surface area (Å²) in [5, 5.41) is 22.2. The number of nitrogens with one attached hydrogen (secondary N) is 1. The SMILES string of the molecule is CC(=O)c1ccc(NC(=O)O[C@H](c2cc(I)ccc2O)[C@@H](CC/C=C/C(=O)O)Oc2ccccc2)cc1. The zero-order valence-electron chi connectivity index (χ0n) is 20.0. The van der Waals surface area contributed by atoms with Crippen molar-refractivity contribution < 1.29 is 34.1 Å². The van der Waals surface area contributed by atoms with E-state index in [0.717, 1.165) is 9.65 Å². The van der Waals surface area contributed by atoms with Crippen molar-refractivity contribution in [3.8, 4) is 11.5 Å². The number of ketones is 1. The van der Waals surface area contributed by atoms with Crippen LogP contribution in [0.1, 0.15) is 41.8 Å². The van der Waals surface area contributed by atoms with Gasteiger partial charge in [-0.25, -0.2) is 9.59 Å². The lowest BCUT2D eigenvalue weighted by atomic mass is 9.99. The minimum atomic E-state index is -1.07. The number of hydrogen-bond donors (Lipinski definition) is 3. The van der Waals surface area contributed by atoms with Crippen LogP contribution in [-0.4, -0.2) is 34.2 Å². The van der Waals surface area contributed by atoms with E-state index in [4.69, 9.17) is 14.6 Å². The van der Waals surface area contributed by atoms with E-state index in [1.165, 1.54) is 19.1 Å². The van der Waals surface area contributed by atoms with Crippen LogP contribution in [0.2, 0.25) is 0 Å². The quantitative estimate of drug-likeness (QED) is 0.130. The molecule has 0 aromatic heterocycles. The number of hydrogen-bond acceptors (Lipinski definition) is 6. The molecule has 9 heteroatoms. The third kappa shape index (κ3) is 8.64. The van der Waals surface area contributed by atoms with E-state index in [9.17, 15) is 19.5 Å². The van der Waals surface area contributed by atoms with Crippen molar-refractivity contribution in [3.63, 3.8) is 0 Å². The maximum absolute atomic E-state index is 13.0. The Morgan fingerprint density at radius 2 is 1.73 bits per heavy atom. The van der Waals surface area contributed by atoms with E-state index in [1.807, 2.05) is 6.07 Å². The number of ether oxygens (including phenoxy) is 2. The summed E-state index contributed by atoms with van der Waals surface area (Å²) in [4.78, 5) is 35.4. The second-order valence-electron chi connectivity index (χ2n) is 8.07. The summed E-state index contributed by atoms with van der Waals surface area (Å²) >= 11 is 2.09. The second-order valence-corrected chi connectivity index (χ2v) is 9.32. The van der Waals surface area contributed by atoms with Crippen LogP contribution in [0.4, 0.5) is 10.5 Å². The average molecular weight is 615 g/mol. The number of benzene rings is 3. The van der Waals surface area contributed by atoms with Crippen LogP contribution in [0.5, 0.6) is 11.5 Å². The van der Waals surface area contributed by atoms with Crippen molar-refractivity contribution in [2.75, 3.05) is 5.32 Å². The Hall–Kier alpha value is -3.86. The van der Waals surface area contributed by atoms with Crippen LogP contribution < -0.4 is 10.1 Å². The highest BCUT2D eigenvalue weighted by molar-refractivity contribution is 14.1. The van der Waals surface area contributed by atoms with E-state index in [-0.39, 0.29) is 18.0 Å². The number of anilines is 1. The number of halogens is 1. The highest BCUT2D eigenvalue weighted by Crippen LogP contribution is 2.35. The Bertz CT molecular complexity index is 1260. The molecule has 0 aliphatic heterocycles. The molecule has 0 heterocycles. The molecule has 0 unspecified atom stereocenters. The van der Waals surface area contributed by atoms with Gasteiger partial charge in [0.15, 0.2) is 11.9 Å². The predicted octanol–water partition coefficient (Wildman–Crippen LogP) is 6.36. The maximum atomic E-state index is 13.0. The zero-order chi connectivity index (χ0) is 26.8. The number of amides is 1. The number of aromatic hydroxyl groups is 1. The molecule has 8 nitrogen and oxygen atoms in total. The molecule has 192 valence electrons. The fourth-order valence-corrected chi connectivity index (χ4v) is 4.05. The van der Waals surface area contributed by atoms with Crippen molar-refractivity contribution >= 4 is 46.1 Å². The van der Waals surface area contributed by atoms with Gasteiger partial charge in [0.05, 0.1) is 0 Å². The molecule has 2 atom stereocenters. The van der Waals surface area contributed by atoms with E-state index < -0.39 is 24.3 Å². The highest BCUT2D eigenvalue weighted by atomic mass is 127. The molecule has 3 N–H and O–H groups in total. The molecule has 3 rings (SSSR count). The fraction of sp³-hybridized carbons (Fsp3) is 0.179. The normalized spacial score (nSPS) is 12.5. The van der Waals surface area contributed by atoms with Gasteiger partial charge in [-0.05, 0) is 97.0 Å². The van der Waals surface area contributed by atoms with Gasteiger partial charge in [0, 0.05) is 26.5 Å². The Balaban J connectivity index is 1.91. The van der Waals surface area contributed by atoms with Gasteiger partial charge >= 0.3 is 12.1 Å². The first kappa shape index (κ1) is 27.7. The zero-order valence-corrected chi connectivity index (χ0v) is 22.1. The molecule has 37 heavy (non-hydrogen) atoms. The largest absolute Gasteiger partial charge is 0.508 e. The van der Waals surface area contributed by atoms with Gasteiger partial charge < -0.3 is 19.7 Å². The molecular formula is C28H26INO7. The van der Waals surface area contributed by atoms with Gasteiger partial charge in [0.2, 0.25) is 0 Å². The minimum Gasteiger partial charge on any atom is -0.508 e.